The van der Waals surface area contributed by atoms with Gasteiger partial charge in [-0.05, 0) is 80.0 Å². The van der Waals surface area contributed by atoms with Gasteiger partial charge in [0, 0.05) is 32.5 Å². The van der Waals surface area contributed by atoms with E-state index in [1.165, 1.54) is 26.8 Å². The first-order chi connectivity index (χ1) is 28.7. The second kappa shape index (κ2) is 19.7. The molecule has 0 saturated carbocycles. The van der Waals surface area contributed by atoms with Gasteiger partial charge in [-0.3, -0.25) is 33.6 Å². The van der Waals surface area contributed by atoms with E-state index in [0.717, 1.165) is 5.56 Å². The number of rotatable bonds is 8. The predicted octanol–water partition coefficient (Wildman–Crippen LogP) is 2.20. The van der Waals surface area contributed by atoms with E-state index in [4.69, 9.17) is 0 Å². The predicted molar refractivity (Wildman–Crippen MR) is 223 cm³/mol. The molecule has 324 valence electrons. The summed E-state index contributed by atoms with van der Waals surface area (Å²) in [5.74, 6) is -3.75. The van der Waals surface area contributed by atoms with Gasteiger partial charge in [-0.1, -0.05) is 76.6 Å². The molecular weight excluding hydrogens is 767 g/mol. The average Bonchev–Trinajstić information content (AvgIpc) is 4.04. The van der Waals surface area contributed by atoms with Crippen molar-refractivity contribution in [3.63, 3.8) is 0 Å². The number of phenolic OH excluding ortho intramolecular Hbond substituents is 1. The van der Waals surface area contributed by atoms with Gasteiger partial charge < -0.3 is 41.1 Å². The smallest absolute Gasteiger partial charge is 0.246 e. The summed E-state index contributed by atoms with van der Waals surface area (Å²) >= 11 is 0. The van der Waals surface area contributed by atoms with Crippen LogP contribution in [0.4, 0.5) is 0 Å². The van der Waals surface area contributed by atoms with Crippen molar-refractivity contribution in [2.75, 3.05) is 19.6 Å². The summed E-state index contributed by atoms with van der Waals surface area (Å²) in [6.45, 7) is 8.43. The Morgan fingerprint density at radius 1 is 0.567 bits per heavy atom. The number of carbonyl (C=O) groups is 7. The van der Waals surface area contributed by atoms with Crippen LogP contribution in [0.3, 0.4) is 0 Å². The molecule has 0 unspecified atom stereocenters. The Bertz CT molecular complexity index is 1890. The molecule has 4 heterocycles. The highest BCUT2D eigenvalue weighted by molar-refractivity contribution is 5.99. The van der Waals surface area contributed by atoms with Gasteiger partial charge in [-0.2, -0.15) is 0 Å². The Balaban J connectivity index is 1.39. The zero-order valence-electron chi connectivity index (χ0n) is 35.2. The van der Waals surface area contributed by atoms with Crippen molar-refractivity contribution in [2.24, 2.45) is 11.8 Å². The van der Waals surface area contributed by atoms with E-state index in [-0.39, 0.29) is 56.5 Å². The van der Waals surface area contributed by atoms with Gasteiger partial charge in [-0.25, -0.2) is 0 Å². The minimum Gasteiger partial charge on any atom is -0.508 e. The molecule has 5 N–H and O–H groups in total. The van der Waals surface area contributed by atoms with Crippen molar-refractivity contribution in [2.45, 2.75) is 134 Å². The molecule has 15 nitrogen and oxygen atoms in total. The van der Waals surface area contributed by atoms with Gasteiger partial charge in [0.05, 0.1) is 0 Å². The van der Waals surface area contributed by atoms with Crippen molar-refractivity contribution in [1.29, 1.82) is 0 Å². The molecule has 15 heteroatoms. The Morgan fingerprint density at radius 2 is 1.02 bits per heavy atom. The lowest BCUT2D eigenvalue weighted by Crippen LogP contribution is -2.60. The molecule has 4 saturated heterocycles. The van der Waals surface area contributed by atoms with E-state index >= 15 is 0 Å². The first-order valence-corrected chi connectivity index (χ1v) is 21.7. The number of hydrogen-bond donors (Lipinski definition) is 5. The molecule has 4 fully saturated rings. The van der Waals surface area contributed by atoms with Crippen LogP contribution in [0.5, 0.6) is 5.75 Å². The van der Waals surface area contributed by atoms with Gasteiger partial charge in [-0.15, -0.1) is 0 Å². The summed E-state index contributed by atoms with van der Waals surface area (Å²) in [6, 6.07) is 8.53. The van der Waals surface area contributed by atoms with Crippen LogP contribution in [-0.4, -0.2) is 123 Å². The van der Waals surface area contributed by atoms with Crippen LogP contribution in [-0.2, 0) is 46.4 Å². The van der Waals surface area contributed by atoms with Crippen molar-refractivity contribution in [3.05, 3.63) is 65.7 Å². The molecule has 8 atom stereocenters. The fourth-order valence-corrected chi connectivity index (χ4v) is 9.05. The topological polar surface area (TPSA) is 198 Å². The van der Waals surface area contributed by atoms with E-state index in [1.807, 2.05) is 58.0 Å². The van der Waals surface area contributed by atoms with E-state index in [2.05, 4.69) is 21.3 Å². The Labute approximate surface area is 352 Å². The largest absolute Gasteiger partial charge is 0.508 e. The molecule has 0 bridgehead atoms. The maximum atomic E-state index is 14.6. The number of hydrogen-bond acceptors (Lipinski definition) is 8. The standard InChI is InChI=1S/C45H61N7O8/c1-5-28(4)38-45(60)52-23-11-16-37(52)42(57)48-34(26-30-17-19-31(53)20-18-30)44(59)51-22-10-15-36(51)41(56)47-33(24-27(2)3)43(58)50-21-9-14-35(50)40(55)46-32(39(54)49-38)25-29-12-7-6-8-13-29/h6-8,12-13,17-20,27-28,32-38,53H,5,9-11,14-16,21-26H2,1-4H3,(H,46,55)(H,47,56)(H,48,57)(H,49,54)/t28-,32-,33-,34-,35-,36-,37-,38-/m0/s1. The maximum absolute atomic E-state index is 14.6. The van der Waals surface area contributed by atoms with Crippen LogP contribution in [0, 0.1) is 11.8 Å². The van der Waals surface area contributed by atoms with Crippen LogP contribution in [0.15, 0.2) is 54.6 Å². The fraction of sp³-hybridized carbons (Fsp3) is 0.578. The molecule has 2 aromatic rings. The first-order valence-electron chi connectivity index (χ1n) is 21.7. The minimum atomic E-state index is -1.12. The van der Waals surface area contributed by atoms with Crippen LogP contribution in [0.2, 0.25) is 0 Å². The number of benzene rings is 2. The zero-order chi connectivity index (χ0) is 43.1. The third kappa shape index (κ3) is 10.3. The highest BCUT2D eigenvalue weighted by Gasteiger charge is 2.45. The highest BCUT2D eigenvalue weighted by atomic mass is 16.3. The Morgan fingerprint density at radius 3 is 1.53 bits per heavy atom. The number of fused-ring (bicyclic) bond motifs is 3. The lowest BCUT2D eigenvalue weighted by molar-refractivity contribution is -0.145. The minimum absolute atomic E-state index is 0.00917. The fourth-order valence-electron chi connectivity index (χ4n) is 9.05. The summed E-state index contributed by atoms with van der Waals surface area (Å²) < 4.78 is 0. The molecule has 6 rings (SSSR count). The van der Waals surface area contributed by atoms with Crippen LogP contribution in [0.1, 0.15) is 90.2 Å². The molecular formula is C45H61N7O8. The van der Waals surface area contributed by atoms with Gasteiger partial charge in [0.2, 0.25) is 41.4 Å². The van der Waals surface area contributed by atoms with Crippen molar-refractivity contribution in [3.8, 4) is 5.75 Å². The molecule has 4 aliphatic rings. The lowest BCUT2D eigenvalue weighted by atomic mass is 9.96. The van der Waals surface area contributed by atoms with Gasteiger partial charge in [0.15, 0.2) is 0 Å². The number of phenols is 1. The normalized spacial score (nSPS) is 28.0. The summed E-state index contributed by atoms with van der Waals surface area (Å²) in [4.78, 5) is 105. The van der Waals surface area contributed by atoms with Crippen LogP contribution in [0.25, 0.3) is 0 Å². The third-order valence-electron chi connectivity index (χ3n) is 12.5. The van der Waals surface area contributed by atoms with Crippen molar-refractivity contribution >= 4 is 41.4 Å². The molecule has 0 aromatic heterocycles. The third-order valence-corrected chi connectivity index (χ3v) is 12.5. The summed E-state index contributed by atoms with van der Waals surface area (Å²) in [6.07, 6.45) is 3.63. The van der Waals surface area contributed by atoms with E-state index < -0.39 is 83.6 Å². The van der Waals surface area contributed by atoms with Crippen molar-refractivity contribution in [1.82, 2.24) is 36.0 Å². The SMILES string of the molecule is CC[C@H](C)[C@@H]1NC(=O)[C@H](Cc2ccccc2)NC(=O)[C@@H]2CCCN2C(=O)[C@H](CC(C)C)NC(=O)[C@@H]2CCCN2C(=O)[C@H](Cc2ccc(O)cc2)NC(=O)[C@@H]2CCCN2C1=O. The first kappa shape index (κ1) is 44.1. The quantitative estimate of drug-likeness (QED) is 0.267. The van der Waals surface area contributed by atoms with E-state index in [1.54, 1.807) is 12.1 Å². The van der Waals surface area contributed by atoms with E-state index in [0.29, 0.717) is 50.5 Å². The van der Waals surface area contributed by atoms with Crippen LogP contribution >= 0.6 is 0 Å². The molecule has 2 aromatic carbocycles. The van der Waals surface area contributed by atoms with E-state index in [9.17, 15) is 38.7 Å². The highest BCUT2D eigenvalue weighted by Crippen LogP contribution is 2.26. The van der Waals surface area contributed by atoms with Gasteiger partial charge >= 0.3 is 0 Å². The number of nitrogens with one attached hydrogen (secondary N) is 4. The van der Waals surface area contributed by atoms with Gasteiger partial charge in [0.1, 0.15) is 48.0 Å². The molecule has 0 radical (unpaired) electrons. The van der Waals surface area contributed by atoms with Crippen LogP contribution < -0.4 is 21.3 Å². The van der Waals surface area contributed by atoms with Gasteiger partial charge in [0.25, 0.3) is 0 Å². The summed E-state index contributed by atoms with van der Waals surface area (Å²) in [5, 5.41) is 21.7. The second-order valence-corrected chi connectivity index (χ2v) is 17.3. The molecule has 0 aliphatic carbocycles. The van der Waals surface area contributed by atoms with Crippen molar-refractivity contribution < 1.29 is 38.7 Å². The Kier molecular flexibility index (Phi) is 14.5. The maximum Gasteiger partial charge on any atom is 0.246 e. The summed E-state index contributed by atoms with van der Waals surface area (Å²) in [5.41, 5.74) is 1.44. The number of nitrogens with zero attached hydrogens (tertiary/aromatic N) is 3. The second-order valence-electron chi connectivity index (χ2n) is 17.3. The monoisotopic (exact) mass is 827 g/mol. The molecule has 4 aliphatic heterocycles. The zero-order valence-corrected chi connectivity index (χ0v) is 35.2. The number of amides is 7. The lowest BCUT2D eigenvalue weighted by Gasteiger charge is -2.33. The molecule has 0 spiro atoms. The summed E-state index contributed by atoms with van der Waals surface area (Å²) in [7, 11) is 0. The molecule has 7 amide bonds. The number of carbonyl (C=O) groups excluding carboxylic acids is 7. The number of aromatic hydroxyl groups is 1. The average molecular weight is 828 g/mol. The Hall–Kier alpha value is -5.47. The molecule has 60 heavy (non-hydrogen) atoms.